The van der Waals surface area contributed by atoms with E-state index in [4.69, 9.17) is 5.73 Å². The summed E-state index contributed by atoms with van der Waals surface area (Å²) in [7, 11) is 2.03. The average Bonchev–Trinajstić information content (AvgIpc) is 2.60. The summed E-state index contributed by atoms with van der Waals surface area (Å²) in [6.07, 6.45) is 6.74. The SMILES string of the molecule is CCCC(N)CCCc1cc(CC)nn1C. The number of hydrogen-bond acceptors (Lipinski definition) is 2. The zero-order chi connectivity index (χ0) is 12.0. The van der Waals surface area contributed by atoms with Crippen molar-refractivity contribution in [1.82, 2.24) is 9.78 Å². The highest BCUT2D eigenvalue weighted by Gasteiger charge is 2.05. The van der Waals surface area contributed by atoms with Gasteiger partial charge >= 0.3 is 0 Å². The first-order valence-corrected chi connectivity index (χ1v) is 6.44. The Bertz CT molecular complexity index is 304. The fraction of sp³-hybridized carbons (Fsp3) is 0.769. The van der Waals surface area contributed by atoms with Crippen LogP contribution in [0.1, 0.15) is 50.9 Å². The average molecular weight is 223 g/mol. The molecule has 0 saturated carbocycles. The molecule has 1 aromatic rings. The molecule has 92 valence electrons. The molecule has 0 fully saturated rings. The molecule has 0 saturated heterocycles. The van der Waals surface area contributed by atoms with E-state index in [2.05, 4.69) is 25.0 Å². The minimum atomic E-state index is 0.379. The highest BCUT2D eigenvalue weighted by atomic mass is 15.3. The van der Waals surface area contributed by atoms with Crippen molar-refractivity contribution < 1.29 is 0 Å². The maximum Gasteiger partial charge on any atom is 0.0624 e. The van der Waals surface area contributed by atoms with Gasteiger partial charge in [0.05, 0.1) is 5.69 Å². The molecular formula is C13H25N3. The molecule has 0 aliphatic heterocycles. The maximum atomic E-state index is 6.00. The summed E-state index contributed by atoms with van der Waals surface area (Å²) >= 11 is 0. The number of rotatable bonds is 7. The molecular weight excluding hydrogens is 198 g/mol. The summed E-state index contributed by atoms with van der Waals surface area (Å²) in [5.41, 5.74) is 8.52. The van der Waals surface area contributed by atoms with Crippen LogP contribution >= 0.6 is 0 Å². The highest BCUT2D eigenvalue weighted by molar-refractivity contribution is 5.10. The Balaban J connectivity index is 2.33. The van der Waals surface area contributed by atoms with Gasteiger partial charge < -0.3 is 5.73 Å². The lowest BCUT2D eigenvalue weighted by Gasteiger charge is -2.09. The topological polar surface area (TPSA) is 43.8 Å². The molecule has 16 heavy (non-hydrogen) atoms. The first kappa shape index (κ1) is 13.2. The van der Waals surface area contributed by atoms with E-state index in [1.165, 1.54) is 24.2 Å². The lowest BCUT2D eigenvalue weighted by Crippen LogP contribution is -2.19. The second kappa shape index (κ2) is 6.69. The number of nitrogens with zero attached hydrogens (tertiary/aromatic N) is 2. The lowest BCUT2D eigenvalue weighted by atomic mass is 10.0. The summed E-state index contributed by atoms with van der Waals surface area (Å²) in [5.74, 6) is 0. The van der Waals surface area contributed by atoms with Crippen molar-refractivity contribution in [3.8, 4) is 0 Å². The standard InChI is InChI=1S/C13H25N3/c1-4-7-11(14)8-6-9-13-10-12(5-2)15-16(13)3/h10-11H,4-9,14H2,1-3H3. The van der Waals surface area contributed by atoms with Gasteiger partial charge in [-0.15, -0.1) is 0 Å². The predicted molar refractivity (Wildman–Crippen MR) is 68.4 cm³/mol. The second-order valence-electron chi connectivity index (χ2n) is 4.55. The molecule has 1 aromatic heterocycles. The number of aryl methyl sites for hydroxylation is 3. The summed E-state index contributed by atoms with van der Waals surface area (Å²) in [6, 6.07) is 2.59. The summed E-state index contributed by atoms with van der Waals surface area (Å²) in [5, 5.41) is 4.45. The van der Waals surface area contributed by atoms with Gasteiger partial charge in [0.15, 0.2) is 0 Å². The molecule has 3 heteroatoms. The Morgan fingerprint density at radius 1 is 1.38 bits per heavy atom. The Hall–Kier alpha value is -0.830. The highest BCUT2D eigenvalue weighted by Crippen LogP contribution is 2.10. The van der Waals surface area contributed by atoms with E-state index in [1.54, 1.807) is 0 Å². The first-order chi connectivity index (χ1) is 7.67. The molecule has 0 bridgehead atoms. The molecule has 1 rings (SSSR count). The van der Waals surface area contributed by atoms with Crippen LogP contribution in [-0.4, -0.2) is 15.8 Å². The summed E-state index contributed by atoms with van der Waals surface area (Å²) < 4.78 is 2.00. The Morgan fingerprint density at radius 2 is 2.12 bits per heavy atom. The third-order valence-electron chi connectivity index (χ3n) is 3.06. The van der Waals surface area contributed by atoms with Gasteiger partial charge in [-0.05, 0) is 38.2 Å². The van der Waals surface area contributed by atoms with Gasteiger partial charge in [0.25, 0.3) is 0 Å². The van der Waals surface area contributed by atoms with E-state index in [1.807, 2.05) is 11.7 Å². The van der Waals surface area contributed by atoms with E-state index in [9.17, 15) is 0 Å². The van der Waals surface area contributed by atoms with Crippen LogP contribution in [0.5, 0.6) is 0 Å². The van der Waals surface area contributed by atoms with Crippen molar-refractivity contribution in [2.45, 2.75) is 58.4 Å². The molecule has 0 spiro atoms. The Labute approximate surface area is 99.0 Å². The van der Waals surface area contributed by atoms with Gasteiger partial charge in [-0.1, -0.05) is 20.3 Å². The molecule has 1 heterocycles. The van der Waals surface area contributed by atoms with Crippen molar-refractivity contribution in [3.63, 3.8) is 0 Å². The molecule has 0 aliphatic rings. The van der Waals surface area contributed by atoms with Crippen LogP contribution in [0.15, 0.2) is 6.07 Å². The first-order valence-electron chi connectivity index (χ1n) is 6.44. The molecule has 1 atom stereocenters. The van der Waals surface area contributed by atoms with Crippen LogP contribution in [0.4, 0.5) is 0 Å². The van der Waals surface area contributed by atoms with Gasteiger partial charge in [0.2, 0.25) is 0 Å². The van der Waals surface area contributed by atoms with Crippen molar-refractivity contribution in [1.29, 1.82) is 0 Å². The molecule has 3 nitrogen and oxygen atoms in total. The molecule has 1 unspecified atom stereocenters. The Kier molecular flexibility index (Phi) is 5.53. The zero-order valence-corrected chi connectivity index (χ0v) is 10.9. The van der Waals surface area contributed by atoms with E-state index in [-0.39, 0.29) is 0 Å². The van der Waals surface area contributed by atoms with Crippen LogP contribution in [-0.2, 0) is 19.9 Å². The summed E-state index contributed by atoms with van der Waals surface area (Å²) in [4.78, 5) is 0. The minimum Gasteiger partial charge on any atom is -0.328 e. The van der Waals surface area contributed by atoms with Gasteiger partial charge in [-0.3, -0.25) is 4.68 Å². The largest absolute Gasteiger partial charge is 0.328 e. The van der Waals surface area contributed by atoms with Crippen LogP contribution in [0.2, 0.25) is 0 Å². The molecule has 0 amide bonds. The fourth-order valence-corrected chi connectivity index (χ4v) is 2.04. The van der Waals surface area contributed by atoms with E-state index < -0.39 is 0 Å². The molecule has 0 aromatic carbocycles. The minimum absolute atomic E-state index is 0.379. The van der Waals surface area contributed by atoms with Gasteiger partial charge in [0, 0.05) is 18.8 Å². The normalized spacial score (nSPS) is 13.0. The molecule has 0 aliphatic carbocycles. The van der Waals surface area contributed by atoms with Crippen LogP contribution in [0.3, 0.4) is 0 Å². The van der Waals surface area contributed by atoms with Gasteiger partial charge in [-0.2, -0.15) is 5.10 Å². The fourth-order valence-electron chi connectivity index (χ4n) is 2.04. The van der Waals surface area contributed by atoms with E-state index in [0.717, 1.165) is 25.7 Å². The maximum absolute atomic E-state index is 6.00. The molecule has 2 N–H and O–H groups in total. The van der Waals surface area contributed by atoms with Gasteiger partial charge in [0.1, 0.15) is 0 Å². The smallest absolute Gasteiger partial charge is 0.0624 e. The zero-order valence-electron chi connectivity index (χ0n) is 10.9. The number of nitrogens with two attached hydrogens (primary N) is 1. The number of aromatic nitrogens is 2. The van der Waals surface area contributed by atoms with Crippen LogP contribution in [0.25, 0.3) is 0 Å². The number of hydrogen-bond donors (Lipinski definition) is 1. The Morgan fingerprint density at radius 3 is 2.69 bits per heavy atom. The van der Waals surface area contributed by atoms with Crippen LogP contribution < -0.4 is 5.73 Å². The summed E-state index contributed by atoms with van der Waals surface area (Å²) in [6.45, 7) is 4.33. The third kappa shape index (κ3) is 3.97. The molecule has 0 radical (unpaired) electrons. The lowest BCUT2D eigenvalue weighted by molar-refractivity contribution is 0.532. The third-order valence-corrected chi connectivity index (χ3v) is 3.06. The van der Waals surface area contributed by atoms with Crippen molar-refractivity contribution in [3.05, 3.63) is 17.5 Å². The second-order valence-corrected chi connectivity index (χ2v) is 4.55. The van der Waals surface area contributed by atoms with Crippen LogP contribution in [0, 0.1) is 0 Å². The van der Waals surface area contributed by atoms with Crippen molar-refractivity contribution in [2.24, 2.45) is 12.8 Å². The van der Waals surface area contributed by atoms with E-state index >= 15 is 0 Å². The van der Waals surface area contributed by atoms with Crippen molar-refractivity contribution >= 4 is 0 Å². The predicted octanol–water partition coefficient (Wildman–Crippen LogP) is 2.43. The van der Waals surface area contributed by atoms with Gasteiger partial charge in [-0.25, -0.2) is 0 Å². The van der Waals surface area contributed by atoms with Crippen molar-refractivity contribution in [2.75, 3.05) is 0 Å². The van der Waals surface area contributed by atoms with E-state index in [0.29, 0.717) is 6.04 Å². The monoisotopic (exact) mass is 223 g/mol. The quantitative estimate of drug-likeness (QED) is 0.771.